The highest BCUT2D eigenvalue weighted by Crippen LogP contribution is 2.27. The summed E-state index contributed by atoms with van der Waals surface area (Å²) in [7, 11) is 1.27. The molecule has 3 nitrogen and oxygen atoms in total. The van der Waals surface area contributed by atoms with Crippen molar-refractivity contribution in [3.05, 3.63) is 35.9 Å². The molecular formula is C12H16O3. The van der Waals surface area contributed by atoms with Crippen molar-refractivity contribution in [1.82, 2.24) is 0 Å². The summed E-state index contributed by atoms with van der Waals surface area (Å²) in [5.74, 6) is -0.608. The fourth-order valence-corrected chi connectivity index (χ4v) is 1.43. The monoisotopic (exact) mass is 208 g/mol. The Kier molecular flexibility index (Phi) is 3.48. The lowest BCUT2D eigenvalue weighted by Crippen LogP contribution is -2.40. The molecule has 0 aliphatic heterocycles. The number of hydrogen-bond donors (Lipinski definition) is 1. The van der Waals surface area contributed by atoms with Gasteiger partial charge in [0, 0.05) is 5.41 Å². The molecule has 0 spiro atoms. The number of aliphatic hydroxyl groups is 1. The maximum atomic E-state index is 11.3. The molecule has 3 heteroatoms. The number of carbonyl (C=O) groups is 1. The predicted molar refractivity (Wildman–Crippen MR) is 57.5 cm³/mol. The van der Waals surface area contributed by atoms with E-state index in [1.165, 1.54) is 7.11 Å². The van der Waals surface area contributed by atoms with Crippen molar-refractivity contribution in [1.29, 1.82) is 0 Å². The van der Waals surface area contributed by atoms with E-state index in [0.29, 0.717) is 0 Å². The first kappa shape index (κ1) is 11.7. The Morgan fingerprint density at radius 3 is 2.33 bits per heavy atom. The van der Waals surface area contributed by atoms with Crippen LogP contribution >= 0.6 is 0 Å². The normalized spacial score (nSPS) is 13.3. The standard InChI is InChI=1S/C12H16O3/c1-12(2,10(13)11(14)15-3)9-7-5-4-6-8-9/h4-8,10,13H,1-3H3/t10-/m0/s1. The van der Waals surface area contributed by atoms with Crippen LogP contribution in [0.4, 0.5) is 0 Å². The second-order valence-corrected chi connectivity index (χ2v) is 4.01. The smallest absolute Gasteiger partial charge is 0.335 e. The third-order valence-corrected chi connectivity index (χ3v) is 2.63. The second-order valence-electron chi connectivity index (χ2n) is 4.01. The molecule has 0 saturated heterocycles. The van der Waals surface area contributed by atoms with Gasteiger partial charge in [0.15, 0.2) is 6.10 Å². The molecule has 82 valence electrons. The Morgan fingerprint density at radius 2 is 1.87 bits per heavy atom. The van der Waals surface area contributed by atoms with Gasteiger partial charge < -0.3 is 9.84 Å². The predicted octanol–water partition coefficient (Wildman–Crippen LogP) is 1.50. The van der Waals surface area contributed by atoms with Crippen molar-refractivity contribution < 1.29 is 14.6 Å². The van der Waals surface area contributed by atoms with Gasteiger partial charge in [0.25, 0.3) is 0 Å². The van der Waals surface area contributed by atoms with Crippen molar-refractivity contribution >= 4 is 5.97 Å². The number of esters is 1. The van der Waals surface area contributed by atoms with Crippen LogP contribution in [0.5, 0.6) is 0 Å². The lowest BCUT2D eigenvalue weighted by atomic mass is 9.79. The first-order valence-corrected chi connectivity index (χ1v) is 4.81. The lowest BCUT2D eigenvalue weighted by Gasteiger charge is -2.29. The van der Waals surface area contributed by atoms with Gasteiger partial charge in [-0.2, -0.15) is 0 Å². The first-order chi connectivity index (χ1) is 7.00. The summed E-state index contributed by atoms with van der Waals surface area (Å²) in [6.45, 7) is 3.62. The van der Waals surface area contributed by atoms with Crippen molar-refractivity contribution in [3.8, 4) is 0 Å². The molecule has 0 fully saturated rings. The van der Waals surface area contributed by atoms with Gasteiger partial charge in [0.2, 0.25) is 0 Å². The molecule has 0 saturated carbocycles. The Balaban J connectivity index is 2.97. The van der Waals surface area contributed by atoms with Crippen molar-refractivity contribution in [2.45, 2.75) is 25.4 Å². The molecule has 1 atom stereocenters. The van der Waals surface area contributed by atoms with Gasteiger partial charge in [-0.05, 0) is 5.56 Å². The topological polar surface area (TPSA) is 46.5 Å². The second kappa shape index (κ2) is 4.45. The van der Waals surface area contributed by atoms with E-state index in [9.17, 15) is 9.90 Å². The molecule has 1 N–H and O–H groups in total. The summed E-state index contributed by atoms with van der Waals surface area (Å²) in [5.41, 5.74) is 0.261. The molecule has 0 unspecified atom stereocenters. The van der Waals surface area contributed by atoms with Crippen LogP contribution in [0.1, 0.15) is 19.4 Å². The summed E-state index contributed by atoms with van der Waals surface area (Å²) in [6, 6.07) is 9.41. The quantitative estimate of drug-likeness (QED) is 0.766. The van der Waals surface area contributed by atoms with Gasteiger partial charge in [-0.25, -0.2) is 4.79 Å². The minimum atomic E-state index is -1.15. The highest BCUT2D eigenvalue weighted by Gasteiger charge is 2.35. The Morgan fingerprint density at radius 1 is 1.33 bits per heavy atom. The third kappa shape index (κ3) is 2.36. The SMILES string of the molecule is COC(=O)[C@H](O)C(C)(C)c1ccccc1. The third-order valence-electron chi connectivity index (χ3n) is 2.63. The minimum absolute atomic E-state index is 0.608. The number of methoxy groups -OCH3 is 1. The molecule has 0 bridgehead atoms. The molecule has 0 heterocycles. The minimum Gasteiger partial charge on any atom is -0.467 e. The Hall–Kier alpha value is -1.35. The van der Waals surface area contributed by atoms with Gasteiger partial charge in [0.1, 0.15) is 0 Å². The average molecular weight is 208 g/mol. The number of rotatable bonds is 3. The van der Waals surface area contributed by atoms with Crippen molar-refractivity contribution in [3.63, 3.8) is 0 Å². The molecule has 0 aliphatic carbocycles. The molecular weight excluding hydrogens is 192 g/mol. The fourth-order valence-electron chi connectivity index (χ4n) is 1.43. The zero-order valence-corrected chi connectivity index (χ0v) is 9.23. The zero-order valence-electron chi connectivity index (χ0n) is 9.23. The van der Waals surface area contributed by atoms with Gasteiger partial charge in [-0.1, -0.05) is 44.2 Å². The van der Waals surface area contributed by atoms with Crippen LogP contribution in [0.15, 0.2) is 30.3 Å². The number of benzene rings is 1. The summed E-state index contributed by atoms with van der Waals surface area (Å²) in [5, 5.41) is 9.82. The number of carbonyl (C=O) groups excluding carboxylic acids is 1. The first-order valence-electron chi connectivity index (χ1n) is 4.81. The van der Waals surface area contributed by atoms with E-state index in [1.807, 2.05) is 44.2 Å². The van der Waals surface area contributed by atoms with Crippen LogP contribution in [0.2, 0.25) is 0 Å². The molecule has 15 heavy (non-hydrogen) atoms. The maximum absolute atomic E-state index is 11.3. The Labute approximate surface area is 89.7 Å². The van der Waals surface area contributed by atoms with Crippen molar-refractivity contribution in [2.24, 2.45) is 0 Å². The summed E-state index contributed by atoms with van der Waals surface area (Å²) < 4.78 is 4.53. The van der Waals surface area contributed by atoms with Crippen LogP contribution in [0.25, 0.3) is 0 Å². The van der Waals surface area contributed by atoms with E-state index in [4.69, 9.17) is 0 Å². The molecule has 0 amide bonds. The van der Waals surface area contributed by atoms with E-state index in [2.05, 4.69) is 4.74 Å². The maximum Gasteiger partial charge on any atom is 0.335 e. The highest BCUT2D eigenvalue weighted by atomic mass is 16.5. The number of ether oxygens (including phenoxy) is 1. The summed E-state index contributed by atoms with van der Waals surface area (Å²) in [6.07, 6.45) is -1.15. The van der Waals surface area contributed by atoms with Crippen LogP contribution < -0.4 is 0 Å². The van der Waals surface area contributed by atoms with E-state index in [-0.39, 0.29) is 0 Å². The fraction of sp³-hybridized carbons (Fsp3) is 0.417. The van der Waals surface area contributed by atoms with Crippen molar-refractivity contribution in [2.75, 3.05) is 7.11 Å². The highest BCUT2D eigenvalue weighted by molar-refractivity contribution is 5.76. The Bertz CT molecular complexity index is 330. The summed E-state index contributed by atoms with van der Waals surface area (Å²) in [4.78, 5) is 11.3. The molecule has 1 rings (SSSR count). The molecule has 0 aliphatic rings. The molecule has 1 aromatic carbocycles. The van der Waals surface area contributed by atoms with E-state index in [1.54, 1.807) is 0 Å². The van der Waals surface area contributed by atoms with Gasteiger partial charge >= 0.3 is 5.97 Å². The summed E-state index contributed by atoms with van der Waals surface area (Å²) >= 11 is 0. The van der Waals surface area contributed by atoms with E-state index >= 15 is 0 Å². The molecule has 0 radical (unpaired) electrons. The zero-order chi connectivity index (χ0) is 11.5. The van der Waals surface area contributed by atoms with Crippen LogP contribution in [-0.2, 0) is 14.9 Å². The number of hydrogen-bond acceptors (Lipinski definition) is 3. The van der Waals surface area contributed by atoms with Crippen LogP contribution in [-0.4, -0.2) is 24.3 Å². The van der Waals surface area contributed by atoms with Gasteiger partial charge in [-0.3, -0.25) is 0 Å². The van der Waals surface area contributed by atoms with E-state index in [0.717, 1.165) is 5.56 Å². The van der Waals surface area contributed by atoms with E-state index < -0.39 is 17.5 Å². The average Bonchev–Trinajstić information content (AvgIpc) is 2.28. The molecule has 0 aromatic heterocycles. The van der Waals surface area contributed by atoms with Crippen LogP contribution in [0.3, 0.4) is 0 Å². The largest absolute Gasteiger partial charge is 0.467 e. The van der Waals surface area contributed by atoms with Gasteiger partial charge in [0.05, 0.1) is 7.11 Å². The lowest BCUT2D eigenvalue weighted by molar-refractivity contribution is -0.153. The van der Waals surface area contributed by atoms with Crippen LogP contribution in [0, 0.1) is 0 Å². The molecule has 1 aromatic rings. The van der Waals surface area contributed by atoms with Gasteiger partial charge in [-0.15, -0.1) is 0 Å². The number of aliphatic hydroxyl groups excluding tert-OH is 1.